The number of benzene rings is 1. The van der Waals surface area contributed by atoms with Gasteiger partial charge in [-0.25, -0.2) is 0 Å². The van der Waals surface area contributed by atoms with Gasteiger partial charge in [-0.15, -0.1) is 0 Å². The number of methoxy groups -OCH3 is 1. The third-order valence-electron chi connectivity index (χ3n) is 3.30. The van der Waals surface area contributed by atoms with Gasteiger partial charge in [0.05, 0.1) is 13.0 Å². The lowest BCUT2D eigenvalue weighted by Gasteiger charge is -2.14. The summed E-state index contributed by atoms with van der Waals surface area (Å²) in [6.45, 7) is 5.10. The molecular weight excluding hydrogens is 242 g/mol. The lowest BCUT2D eigenvalue weighted by atomic mass is 10.1. The number of ether oxygens (including phenoxy) is 1. The van der Waals surface area contributed by atoms with Gasteiger partial charge in [0.25, 0.3) is 0 Å². The Kier molecular flexibility index (Phi) is 6.36. The Balaban J connectivity index is 2.63. The monoisotopic (exact) mass is 265 g/mol. The van der Waals surface area contributed by atoms with Crippen LogP contribution in [0.2, 0.25) is 0 Å². The molecule has 2 N–H and O–H groups in total. The highest BCUT2D eigenvalue weighted by atomic mass is 16.5. The summed E-state index contributed by atoms with van der Waals surface area (Å²) in [6.07, 6.45) is 1.61. The average Bonchev–Trinajstić information content (AvgIpc) is 2.42. The third kappa shape index (κ3) is 4.56. The van der Waals surface area contributed by atoms with E-state index in [4.69, 9.17) is 9.84 Å². The first-order valence-electron chi connectivity index (χ1n) is 6.71. The van der Waals surface area contributed by atoms with Crippen LogP contribution in [0, 0.1) is 5.92 Å². The van der Waals surface area contributed by atoms with Gasteiger partial charge in [-0.3, -0.25) is 4.79 Å². The Bertz CT molecular complexity index is 418. The average molecular weight is 265 g/mol. The van der Waals surface area contributed by atoms with Crippen molar-refractivity contribution in [1.82, 2.24) is 5.32 Å². The van der Waals surface area contributed by atoms with Gasteiger partial charge in [0.15, 0.2) is 0 Å². The number of aryl methyl sites for hydroxylation is 1. The minimum Gasteiger partial charge on any atom is -0.496 e. The highest BCUT2D eigenvalue weighted by molar-refractivity contribution is 5.70. The van der Waals surface area contributed by atoms with Crippen LogP contribution in [0.25, 0.3) is 0 Å². The molecule has 0 amide bonds. The summed E-state index contributed by atoms with van der Waals surface area (Å²) in [4.78, 5) is 10.9. The van der Waals surface area contributed by atoms with Crippen molar-refractivity contribution in [2.45, 2.75) is 33.2 Å². The molecular formula is C15H23NO3. The predicted octanol–water partition coefficient (Wildman–Crippen LogP) is 2.46. The number of hydrogen-bond donors (Lipinski definition) is 2. The molecule has 0 saturated heterocycles. The number of carbonyl (C=O) groups is 1. The van der Waals surface area contributed by atoms with Crippen molar-refractivity contribution in [2.75, 3.05) is 13.7 Å². The summed E-state index contributed by atoms with van der Waals surface area (Å²) in [7, 11) is 1.65. The van der Waals surface area contributed by atoms with Crippen LogP contribution < -0.4 is 10.1 Å². The molecule has 0 saturated carbocycles. The molecule has 0 aromatic heterocycles. The number of carboxylic acids is 1. The SMILES string of the molecule is CCc1ccc(OC)c(CNCC(CC)C(=O)O)c1. The van der Waals surface area contributed by atoms with Crippen molar-refractivity contribution < 1.29 is 14.6 Å². The Morgan fingerprint density at radius 2 is 2.16 bits per heavy atom. The van der Waals surface area contributed by atoms with Crippen LogP contribution in [-0.4, -0.2) is 24.7 Å². The molecule has 1 aromatic carbocycles. The first-order chi connectivity index (χ1) is 9.12. The normalized spacial score (nSPS) is 12.2. The van der Waals surface area contributed by atoms with Gasteiger partial charge in [-0.05, 0) is 24.5 Å². The maximum absolute atomic E-state index is 10.9. The van der Waals surface area contributed by atoms with E-state index in [0.717, 1.165) is 17.7 Å². The van der Waals surface area contributed by atoms with E-state index < -0.39 is 5.97 Å². The van der Waals surface area contributed by atoms with Gasteiger partial charge in [0, 0.05) is 18.7 Å². The van der Waals surface area contributed by atoms with Crippen LogP contribution in [0.5, 0.6) is 5.75 Å². The molecule has 0 aliphatic carbocycles. The fraction of sp³-hybridized carbons (Fsp3) is 0.533. The maximum Gasteiger partial charge on any atom is 0.307 e. The van der Waals surface area contributed by atoms with E-state index >= 15 is 0 Å². The summed E-state index contributed by atoms with van der Waals surface area (Å²) in [5.74, 6) is -0.238. The molecule has 4 nitrogen and oxygen atoms in total. The van der Waals surface area contributed by atoms with E-state index in [1.54, 1.807) is 7.11 Å². The predicted molar refractivity (Wildman–Crippen MR) is 75.5 cm³/mol. The van der Waals surface area contributed by atoms with Gasteiger partial charge in [-0.2, -0.15) is 0 Å². The molecule has 1 rings (SSSR count). The molecule has 0 bridgehead atoms. The van der Waals surface area contributed by atoms with Gasteiger partial charge in [0.2, 0.25) is 0 Å². The van der Waals surface area contributed by atoms with E-state index in [2.05, 4.69) is 24.4 Å². The minimum absolute atomic E-state index is 0.333. The molecule has 0 fully saturated rings. The molecule has 0 radical (unpaired) electrons. The maximum atomic E-state index is 10.9. The minimum atomic E-state index is -0.746. The Morgan fingerprint density at radius 3 is 2.68 bits per heavy atom. The quantitative estimate of drug-likeness (QED) is 0.758. The first-order valence-corrected chi connectivity index (χ1v) is 6.71. The molecule has 1 unspecified atom stereocenters. The third-order valence-corrected chi connectivity index (χ3v) is 3.30. The van der Waals surface area contributed by atoms with Crippen LogP contribution in [-0.2, 0) is 17.8 Å². The van der Waals surface area contributed by atoms with Crippen LogP contribution in [0.1, 0.15) is 31.4 Å². The molecule has 0 aliphatic rings. The Labute approximate surface area is 114 Å². The smallest absolute Gasteiger partial charge is 0.307 e. The standard InChI is InChI=1S/C15H23NO3/c1-4-11-6-7-14(19-3)13(8-11)10-16-9-12(5-2)15(17)18/h6-8,12,16H,4-5,9-10H2,1-3H3,(H,17,18). The summed E-state index contributed by atoms with van der Waals surface area (Å²) in [5.41, 5.74) is 2.32. The molecule has 0 aliphatic heterocycles. The van der Waals surface area contributed by atoms with Gasteiger partial charge >= 0.3 is 5.97 Å². The highest BCUT2D eigenvalue weighted by Crippen LogP contribution is 2.20. The van der Waals surface area contributed by atoms with E-state index in [0.29, 0.717) is 19.5 Å². The number of carboxylic acid groups (broad SMARTS) is 1. The fourth-order valence-corrected chi connectivity index (χ4v) is 1.98. The van der Waals surface area contributed by atoms with E-state index in [9.17, 15) is 4.79 Å². The molecule has 0 heterocycles. The van der Waals surface area contributed by atoms with Crippen molar-refractivity contribution in [1.29, 1.82) is 0 Å². The van der Waals surface area contributed by atoms with Crippen LogP contribution in [0.15, 0.2) is 18.2 Å². The fourth-order valence-electron chi connectivity index (χ4n) is 1.98. The summed E-state index contributed by atoms with van der Waals surface area (Å²) in [5, 5.41) is 12.2. The molecule has 19 heavy (non-hydrogen) atoms. The van der Waals surface area contributed by atoms with Crippen molar-refractivity contribution in [2.24, 2.45) is 5.92 Å². The van der Waals surface area contributed by atoms with Crippen molar-refractivity contribution in [3.05, 3.63) is 29.3 Å². The number of rotatable bonds is 8. The zero-order chi connectivity index (χ0) is 14.3. The molecule has 0 spiro atoms. The van der Waals surface area contributed by atoms with E-state index in [1.807, 2.05) is 13.0 Å². The van der Waals surface area contributed by atoms with E-state index in [-0.39, 0.29) is 5.92 Å². The number of nitrogens with one attached hydrogen (secondary N) is 1. The van der Waals surface area contributed by atoms with Crippen molar-refractivity contribution in [3.8, 4) is 5.75 Å². The highest BCUT2D eigenvalue weighted by Gasteiger charge is 2.14. The molecule has 1 aromatic rings. The van der Waals surface area contributed by atoms with Gasteiger partial charge in [-0.1, -0.05) is 26.0 Å². The lowest BCUT2D eigenvalue weighted by Crippen LogP contribution is -2.27. The van der Waals surface area contributed by atoms with Gasteiger partial charge in [0.1, 0.15) is 5.75 Å². The zero-order valence-electron chi connectivity index (χ0n) is 11.9. The Hall–Kier alpha value is -1.55. The summed E-state index contributed by atoms with van der Waals surface area (Å²) in [6, 6.07) is 6.12. The molecule has 106 valence electrons. The second-order valence-corrected chi connectivity index (χ2v) is 4.57. The second kappa shape index (κ2) is 7.79. The van der Waals surface area contributed by atoms with Crippen LogP contribution in [0.4, 0.5) is 0 Å². The topological polar surface area (TPSA) is 58.6 Å². The van der Waals surface area contributed by atoms with Gasteiger partial charge < -0.3 is 15.2 Å². The Morgan fingerprint density at radius 1 is 1.42 bits per heavy atom. The van der Waals surface area contributed by atoms with Crippen molar-refractivity contribution in [3.63, 3.8) is 0 Å². The second-order valence-electron chi connectivity index (χ2n) is 4.57. The van der Waals surface area contributed by atoms with Crippen molar-refractivity contribution >= 4 is 5.97 Å². The van der Waals surface area contributed by atoms with Crippen LogP contribution >= 0.6 is 0 Å². The zero-order valence-corrected chi connectivity index (χ0v) is 11.9. The lowest BCUT2D eigenvalue weighted by molar-refractivity contribution is -0.141. The number of hydrogen-bond acceptors (Lipinski definition) is 3. The molecule has 1 atom stereocenters. The summed E-state index contributed by atoms with van der Waals surface area (Å²) >= 11 is 0. The first kappa shape index (κ1) is 15.5. The number of aliphatic carboxylic acids is 1. The summed E-state index contributed by atoms with van der Waals surface area (Å²) < 4.78 is 5.32. The van der Waals surface area contributed by atoms with Crippen LogP contribution in [0.3, 0.4) is 0 Å². The van der Waals surface area contributed by atoms with E-state index in [1.165, 1.54) is 5.56 Å². The molecule has 4 heteroatoms. The largest absolute Gasteiger partial charge is 0.496 e.